The Morgan fingerprint density at radius 1 is 1.21 bits per heavy atom. The minimum atomic E-state index is 0. The van der Waals surface area contributed by atoms with Crippen LogP contribution in [0.2, 0.25) is 0 Å². The van der Waals surface area contributed by atoms with E-state index in [-0.39, 0.29) is 12.4 Å². The number of nitrogens with zero attached hydrogens (tertiary/aromatic N) is 1. The van der Waals surface area contributed by atoms with Crippen LogP contribution in [0.15, 0.2) is 24.3 Å². The summed E-state index contributed by atoms with van der Waals surface area (Å²) in [6.07, 6.45) is 1.35. The largest absolute Gasteiger partial charge is 0.497 e. The maximum absolute atomic E-state index is 5.19. The number of halogens is 1. The van der Waals surface area contributed by atoms with Gasteiger partial charge in [-0.1, -0.05) is 12.1 Å². The van der Waals surface area contributed by atoms with E-state index in [0.717, 1.165) is 24.1 Å². The van der Waals surface area contributed by atoms with Crippen LogP contribution in [0.5, 0.6) is 5.75 Å². The molecule has 2 saturated heterocycles. The van der Waals surface area contributed by atoms with Gasteiger partial charge in [0.15, 0.2) is 0 Å². The van der Waals surface area contributed by atoms with Crippen LogP contribution in [0.25, 0.3) is 0 Å². The molecular weight excluding hydrogens is 260 g/mol. The number of methoxy groups -OCH3 is 1. The van der Waals surface area contributed by atoms with Gasteiger partial charge in [0, 0.05) is 13.1 Å². The molecule has 1 aromatic carbocycles. The van der Waals surface area contributed by atoms with Gasteiger partial charge in [-0.15, -0.1) is 12.4 Å². The van der Waals surface area contributed by atoms with Crippen LogP contribution in [0.3, 0.4) is 0 Å². The first-order chi connectivity index (χ1) is 8.85. The van der Waals surface area contributed by atoms with Gasteiger partial charge in [-0.05, 0) is 55.6 Å². The van der Waals surface area contributed by atoms with Crippen molar-refractivity contribution in [3.63, 3.8) is 0 Å². The molecule has 2 unspecified atom stereocenters. The zero-order valence-electron chi connectivity index (χ0n) is 11.5. The smallest absolute Gasteiger partial charge is 0.118 e. The van der Waals surface area contributed by atoms with Gasteiger partial charge in [0.25, 0.3) is 0 Å². The van der Waals surface area contributed by atoms with E-state index < -0.39 is 0 Å². The number of rotatable bonds is 3. The molecule has 0 aliphatic carbocycles. The van der Waals surface area contributed by atoms with E-state index in [4.69, 9.17) is 4.74 Å². The number of fused-ring (bicyclic) bond motifs is 1. The fourth-order valence-corrected chi connectivity index (χ4v) is 3.24. The Bertz CT molecular complexity index is 396. The zero-order valence-corrected chi connectivity index (χ0v) is 12.3. The summed E-state index contributed by atoms with van der Waals surface area (Å²) in [6, 6.07) is 8.47. The third-order valence-corrected chi connectivity index (χ3v) is 4.35. The van der Waals surface area contributed by atoms with Gasteiger partial charge in [-0.2, -0.15) is 0 Å². The second kappa shape index (κ2) is 6.60. The molecule has 3 rings (SSSR count). The van der Waals surface area contributed by atoms with Gasteiger partial charge in [-0.3, -0.25) is 4.90 Å². The Labute approximate surface area is 121 Å². The quantitative estimate of drug-likeness (QED) is 0.919. The Morgan fingerprint density at radius 3 is 2.68 bits per heavy atom. The predicted molar refractivity (Wildman–Crippen MR) is 80.0 cm³/mol. The molecule has 0 saturated carbocycles. The molecule has 2 aliphatic heterocycles. The average Bonchev–Trinajstić information content (AvgIpc) is 2.87. The lowest BCUT2D eigenvalue weighted by molar-refractivity contribution is 0.142. The summed E-state index contributed by atoms with van der Waals surface area (Å²) in [5, 5.41) is 3.52. The SMILES string of the molecule is COc1ccc(CN2CCC3CNCC3C2)cc1.Cl. The van der Waals surface area contributed by atoms with E-state index in [2.05, 4.69) is 34.5 Å². The van der Waals surface area contributed by atoms with E-state index in [1.165, 1.54) is 38.2 Å². The van der Waals surface area contributed by atoms with Gasteiger partial charge < -0.3 is 10.1 Å². The molecule has 0 spiro atoms. The minimum Gasteiger partial charge on any atom is -0.497 e. The molecule has 0 radical (unpaired) electrons. The summed E-state index contributed by atoms with van der Waals surface area (Å²) >= 11 is 0. The normalized spacial score (nSPS) is 26.6. The maximum Gasteiger partial charge on any atom is 0.118 e. The fourth-order valence-electron chi connectivity index (χ4n) is 3.24. The Balaban J connectivity index is 0.00000133. The van der Waals surface area contributed by atoms with Crippen molar-refractivity contribution in [2.45, 2.75) is 13.0 Å². The van der Waals surface area contributed by atoms with E-state index >= 15 is 0 Å². The van der Waals surface area contributed by atoms with Crippen LogP contribution in [0, 0.1) is 11.8 Å². The van der Waals surface area contributed by atoms with Crippen LogP contribution in [-0.2, 0) is 6.54 Å². The lowest BCUT2D eigenvalue weighted by Crippen LogP contribution is -2.39. The molecule has 3 nitrogen and oxygen atoms in total. The van der Waals surface area contributed by atoms with Crippen molar-refractivity contribution in [3.8, 4) is 5.75 Å². The van der Waals surface area contributed by atoms with Gasteiger partial charge in [-0.25, -0.2) is 0 Å². The number of ether oxygens (including phenoxy) is 1. The molecule has 1 N–H and O–H groups in total. The number of likely N-dealkylation sites (tertiary alicyclic amines) is 1. The van der Waals surface area contributed by atoms with Crippen LogP contribution in [-0.4, -0.2) is 38.2 Å². The average molecular weight is 283 g/mol. The lowest BCUT2D eigenvalue weighted by atomic mass is 9.88. The van der Waals surface area contributed by atoms with Crippen LogP contribution < -0.4 is 10.1 Å². The summed E-state index contributed by atoms with van der Waals surface area (Å²) in [4.78, 5) is 2.59. The topological polar surface area (TPSA) is 24.5 Å². The third kappa shape index (κ3) is 3.41. The fraction of sp³-hybridized carbons (Fsp3) is 0.600. The highest BCUT2D eigenvalue weighted by Gasteiger charge is 2.32. The van der Waals surface area contributed by atoms with Crippen molar-refractivity contribution in [2.75, 3.05) is 33.3 Å². The van der Waals surface area contributed by atoms with Crippen LogP contribution in [0.4, 0.5) is 0 Å². The van der Waals surface area contributed by atoms with Crippen LogP contribution in [0.1, 0.15) is 12.0 Å². The van der Waals surface area contributed by atoms with Crippen molar-refractivity contribution >= 4 is 12.4 Å². The van der Waals surface area contributed by atoms with Crippen molar-refractivity contribution in [2.24, 2.45) is 11.8 Å². The lowest BCUT2D eigenvalue weighted by Gasteiger charge is -2.34. The molecule has 4 heteroatoms. The molecule has 2 aliphatic rings. The molecule has 2 heterocycles. The molecule has 106 valence electrons. The number of piperidine rings is 1. The number of hydrogen-bond donors (Lipinski definition) is 1. The van der Waals surface area contributed by atoms with Gasteiger partial charge in [0.05, 0.1) is 7.11 Å². The highest BCUT2D eigenvalue weighted by atomic mass is 35.5. The molecule has 1 aromatic rings. The zero-order chi connectivity index (χ0) is 12.4. The Kier molecular flexibility index (Phi) is 5.08. The number of benzene rings is 1. The molecule has 0 aromatic heterocycles. The van der Waals surface area contributed by atoms with Gasteiger partial charge >= 0.3 is 0 Å². The first kappa shape index (κ1) is 14.6. The van der Waals surface area contributed by atoms with Crippen LogP contribution >= 0.6 is 12.4 Å². The van der Waals surface area contributed by atoms with Crippen molar-refractivity contribution in [1.29, 1.82) is 0 Å². The van der Waals surface area contributed by atoms with Crippen molar-refractivity contribution in [1.82, 2.24) is 10.2 Å². The summed E-state index contributed by atoms with van der Waals surface area (Å²) in [7, 11) is 1.72. The van der Waals surface area contributed by atoms with Crippen molar-refractivity contribution in [3.05, 3.63) is 29.8 Å². The first-order valence-corrected chi connectivity index (χ1v) is 6.91. The van der Waals surface area contributed by atoms with Crippen molar-refractivity contribution < 1.29 is 4.74 Å². The molecule has 0 amide bonds. The predicted octanol–water partition coefficient (Wildman–Crippen LogP) is 2.16. The van der Waals surface area contributed by atoms with E-state index in [9.17, 15) is 0 Å². The minimum absolute atomic E-state index is 0. The number of nitrogens with one attached hydrogen (secondary N) is 1. The highest BCUT2D eigenvalue weighted by molar-refractivity contribution is 5.85. The summed E-state index contributed by atoms with van der Waals surface area (Å²) in [5.41, 5.74) is 1.39. The van der Waals surface area contributed by atoms with Gasteiger partial charge in [0.1, 0.15) is 5.75 Å². The standard InChI is InChI=1S/C15H22N2O.ClH/c1-18-15-4-2-12(3-5-15)10-17-7-6-13-8-16-9-14(13)11-17;/h2-5,13-14,16H,6-11H2,1H3;1H. The summed E-state index contributed by atoms with van der Waals surface area (Å²) < 4.78 is 5.19. The molecule has 0 bridgehead atoms. The Morgan fingerprint density at radius 2 is 1.95 bits per heavy atom. The Hall–Kier alpha value is -0.770. The highest BCUT2D eigenvalue weighted by Crippen LogP contribution is 2.27. The number of hydrogen-bond acceptors (Lipinski definition) is 3. The maximum atomic E-state index is 5.19. The van der Waals surface area contributed by atoms with E-state index in [1.54, 1.807) is 7.11 Å². The van der Waals surface area contributed by atoms with E-state index in [0.29, 0.717) is 0 Å². The van der Waals surface area contributed by atoms with Gasteiger partial charge in [0.2, 0.25) is 0 Å². The second-order valence-electron chi connectivity index (χ2n) is 5.55. The summed E-state index contributed by atoms with van der Waals surface area (Å²) in [6.45, 7) is 6.02. The monoisotopic (exact) mass is 282 g/mol. The first-order valence-electron chi connectivity index (χ1n) is 6.91. The second-order valence-corrected chi connectivity index (χ2v) is 5.55. The summed E-state index contributed by atoms with van der Waals surface area (Å²) in [5.74, 6) is 2.74. The third-order valence-electron chi connectivity index (χ3n) is 4.35. The molecule has 2 fully saturated rings. The molecular formula is C15H23ClN2O. The molecule has 2 atom stereocenters. The van der Waals surface area contributed by atoms with E-state index in [1.807, 2.05) is 0 Å². The molecule has 19 heavy (non-hydrogen) atoms.